The predicted molar refractivity (Wildman–Crippen MR) is 80.3 cm³/mol. The van der Waals surface area contributed by atoms with E-state index in [2.05, 4.69) is 36.2 Å². The van der Waals surface area contributed by atoms with Crippen LogP contribution in [-0.2, 0) is 6.42 Å². The minimum absolute atomic E-state index is 0.715. The molecule has 0 atom stereocenters. The van der Waals surface area contributed by atoms with Gasteiger partial charge in [-0.1, -0.05) is 33.1 Å². The van der Waals surface area contributed by atoms with Crippen LogP contribution in [0.2, 0.25) is 0 Å². The van der Waals surface area contributed by atoms with Crippen molar-refractivity contribution in [2.24, 2.45) is 5.92 Å². The molecule has 106 valence electrons. The van der Waals surface area contributed by atoms with Gasteiger partial charge in [0.25, 0.3) is 0 Å². The van der Waals surface area contributed by atoms with Crippen LogP contribution in [0, 0.1) is 5.92 Å². The second-order valence-electron chi connectivity index (χ2n) is 6.02. The third-order valence-corrected chi connectivity index (χ3v) is 4.62. The molecule has 2 rings (SSSR count). The largest absolute Gasteiger partial charge is 0.241 e. The topological polar surface area (TPSA) is 25.8 Å². The summed E-state index contributed by atoms with van der Waals surface area (Å²) in [5.41, 5.74) is 1.37. The Balaban J connectivity index is 1.84. The van der Waals surface area contributed by atoms with E-state index >= 15 is 0 Å². The second-order valence-corrected chi connectivity index (χ2v) is 6.02. The van der Waals surface area contributed by atoms with Crippen LogP contribution in [0.4, 0.5) is 0 Å². The van der Waals surface area contributed by atoms with Crippen LogP contribution in [-0.4, -0.2) is 9.97 Å². The molecule has 1 aliphatic carbocycles. The molecule has 0 N–H and O–H groups in total. The number of nitrogens with zero attached hydrogens (tertiary/aromatic N) is 2. The summed E-state index contributed by atoms with van der Waals surface area (Å²) in [6.07, 6.45) is 15.8. The molecule has 0 aliphatic heterocycles. The van der Waals surface area contributed by atoms with Crippen LogP contribution in [0.3, 0.4) is 0 Å². The van der Waals surface area contributed by atoms with Gasteiger partial charge in [-0.3, -0.25) is 0 Å². The lowest BCUT2D eigenvalue weighted by atomic mass is 9.78. The van der Waals surface area contributed by atoms with Crippen LogP contribution >= 0.6 is 0 Å². The van der Waals surface area contributed by atoms with Crippen molar-refractivity contribution in [3.8, 4) is 0 Å². The van der Waals surface area contributed by atoms with E-state index in [4.69, 9.17) is 0 Å². The van der Waals surface area contributed by atoms with Crippen molar-refractivity contribution in [1.29, 1.82) is 0 Å². The van der Waals surface area contributed by atoms with Gasteiger partial charge in [-0.2, -0.15) is 0 Å². The van der Waals surface area contributed by atoms with Gasteiger partial charge in [0.05, 0.1) is 0 Å². The Morgan fingerprint density at radius 3 is 2.26 bits per heavy atom. The summed E-state index contributed by atoms with van der Waals surface area (Å²) in [5, 5.41) is 0. The van der Waals surface area contributed by atoms with Crippen molar-refractivity contribution < 1.29 is 0 Å². The number of aromatic nitrogens is 2. The highest BCUT2D eigenvalue weighted by atomic mass is 14.9. The summed E-state index contributed by atoms with van der Waals surface area (Å²) in [7, 11) is 0. The first-order valence-electron chi connectivity index (χ1n) is 8.14. The molecule has 1 aliphatic rings. The van der Waals surface area contributed by atoms with Gasteiger partial charge in [-0.05, 0) is 49.5 Å². The first-order valence-corrected chi connectivity index (χ1v) is 8.14. The average Bonchev–Trinajstić information content (AvgIpc) is 2.48. The number of aryl methyl sites for hydroxylation is 1. The molecule has 0 radical (unpaired) electrons. The van der Waals surface area contributed by atoms with E-state index in [-0.39, 0.29) is 0 Å². The van der Waals surface area contributed by atoms with E-state index in [0.717, 1.165) is 18.2 Å². The van der Waals surface area contributed by atoms with Crippen LogP contribution in [0.5, 0.6) is 0 Å². The third-order valence-electron chi connectivity index (χ3n) is 4.62. The fraction of sp³-hybridized carbons (Fsp3) is 0.765. The molecule has 0 saturated heterocycles. The van der Waals surface area contributed by atoms with Crippen molar-refractivity contribution in [2.45, 2.75) is 77.6 Å². The Bertz CT molecular complexity index is 350. The SMILES string of the molecule is CCCCCc1ncc(C2CCC(CC)CC2)cn1. The Morgan fingerprint density at radius 1 is 1.00 bits per heavy atom. The minimum Gasteiger partial charge on any atom is -0.241 e. The van der Waals surface area contributed by atoms with E-state index < -0.39 is 0 Å². The van der Waals surface area contributed by atoms with Crippen molar-refractivity contribution >= 4 is 0 Å². The summed E-state index contributed by atoms with van der Waals surface area (Å²) >= 11 is 0. The Kier molecular flexibility index (Phi) is 5.81. The normalized spacial score (nSPS) is 23.5. The molecular weight excluding hydrogens is 232 g/mol. The fourth-order valence-electron chi connectivity index (χ4n) is 3.14. The Labute approximate surface area is 118 Å². The predicted octanol–water partition coefficient (Wildman–Crippen LogP) is 4.89. The molecule has 1 fully saturated rings. The molecule has 1 heterocycles. The summed E-state index contributed by atoms with van der Waals surface area (Å²) < 4.78 is 0. The highest BCUT2D eigenvalue weighted by molar-refractivity contribution is 5.12. The number of unbranched alkanes of at least 4 members (excludes halogenated alkanes) is 2. The molecule has 0 spiro atoms. The quantitative estimate of drug-likeness (QED) is 0.680. The Morgan fingerprint density at radius 2 is 1.68 bits per heavy atom. The zero-order valence-corrected chi connectivity index (χ0v) is 12.6. The van der Waals surface area contributed by atoms with Gasteiger partial charge in [-0.15, -0.1) is 0 Å². The lowest BCUT2D eigenvalue weighted by Gasteiger charge is -2.27. The first kappa shape index (κ1) is 14.5. The van der Waals surface area contributed by atoms with Gasteiger partial charge >= 0.3 is 0 Å². The smallest absolute Gasteiger partial charge is 0.128 e. The summed E-state index contributed by atoms with van der Waals surface area (Å²) in [6, 6.07) is 0. The van der Waals surface area contributed by atoms with E-state index in [0.29, 0.717) is 5.92 Å². The Hall–Kier alpha value is -0.920. The standard InChI is InChI=1S/C17H28N2/c1-3-5-6-7-17-18-12-16(13-19-17)15-10-8-14(4-2)9-11-15/h12-15H,3-11H2,1-2H3. The third kappa shape index (κ3) is 4.29. The van der Waals surface area contributed by atoms with Gasteiger partial charge in [-0.25, -0.2) is 9.97 Å². The van der Waals surface area contributed by atoms with Gasteiger partial charge in [0.1, 0.15) is 5.82 Å². The van der Waals surface area contributed by atoms with Crippen LogP contribution < -0.4 is 0 Å². The molecule has 0 unspecified atom stereocenters. The van der Waals surface area contributed by atoms with Crippen molar-refractivity contribution in [1.82, 2.24) is 9.97 Å². The van der Waals surface area contributed by atoms with Crippen molar-refractivity contribution in [3.05, 3.63) is 23.8 Å². The van der Waals surface area contributed by atoms with Gasteiger partial charge in [0, 0.05) is 18.8 Å². The highest BCUT2D eigenvalue weighted by Gasteiger charge is 2.21. The molecule has 2 nitrogen and oxygen atoms in total. The zero-order valence-electron chi connectivity index (χ0n) is 12.6. The lowest BCUT2D eigenvalue weighted by molar-refractivity contribution is 0.318. The van der Waals surface area contributed by atoms with Gasteiger partial charge in [0.15, 0.2) is 0 Å². The molecule has 0 aromatic carbocycles. The van der Waals surface area contributed by atoms with Gasteiger partial charge in [0.2, 0.25) is 0 Å². The molecule has 19 heavy (non-hydrogen) atoms. The summed E-state index contributed by atoms with van der Waals surface area (Å²) in [6.45, 7) is 4.55. The van der Waals surface area contributed by atoms with Crippen molar-refractivity contribution in [2.75, 3.05) is 0 Å². The fourth-order valence-corrected chi connectivity index (χ4v) is 3.14. The molecule has 1 saturated carbocycles. The number of hydrogen-bond acceptors (Lipinski definition) is 2. The number of hydrogen-bond donors (Lipinski definition) is 0. The minimum atomic E-state index is 0.715. The second kappa shape index (κ2) is 7.62. The molecule has 1 aromatic rings. The monoisotopic (exact) mass is 260 g/mol. The summed E-state index contributed by atoms with van der Waals surface area (Å²) in [4.78, 5) is 9.11. The van der Waals surface area contributed by atoms with E-state index in [1.165, 1.54) is 56.9 Å². The van der Waals surface area contributed by atoms with Crippen LogP contribution in [0.1, 0.15) is 82.5 Å². The maximum atomic E-state index is 4.55. The number of rotatable bonds is 6. The van der Waals surface area contributed by atoms with E-state index in [1.807, 2.05) is 0 Å². The molecule has 0 bridgehead atoms. The highest BCUT2D eigenvalue weighted by Crippen LogP contribution is 2.36. The lowest BCUT2D eigenvalue weighted by Crippen LogP contribution is -2.13. The van der Waals surface area contributed by atoms with Crippen LogP contribution in [0.25, 0.3) is 0 Å². The van der Waals surface area contributed by atoms with Crippen LogP contribution in [0.15, 0.2) is 12.4 Å². The zero-order chi connectivity index (χ0) is 13.5. The maximum absolute atomic E-state index is 4.55. The average molecular weight is 260 g/mol. The molecular formula is C17H28N2. The van der Waals surface area contributed by atoms with E-state index in [1.54, 1.807) is 0 Å². The molecule has 2 heteroatoms. The molecule has 1 aromatic heterocycles. The first-order chi connectivity index (χ1) is 9.33. The summed E-state index contributed by atoms with van der Waals surface area (Å²) in [5.74, 6) is 2.71. The van der Waals surface area contributed by atoms with Gasteiger partial charge < -0.3 is 0 Å². The van der Waals surface area contributed by atoms with Crippen molar-refractivity contribution in [3.63, 3.8) is 0 Å². The molecule has 0 amide bonds. The maximum Gasteiger partial charge on any atom is 0.128 e. The van der Waals surface area contributed by atoms with E-state index in [9.17, 15) is 0 Å².